The van der Waals surface area contributed by atoms with Crippen molar-refractivity contribution < 1.29 is 4.74 Å². The summed E-state index contributed by atoms with van der Waals surface area (Å²) in [4.78, 5) is 0. The summed E-state index contributed by atoms with van der Waals surface area (Å²) in [5, 5.41) is 0. The topological polar surface area (TPSA) is 9.23 Å². The summed E-state index contributed by atoms with van der Waals surface area (Å²) in [5.74, 6) is 4.18. The number of rotatable bonds is 6. The van der Waals surface area contributed by atoms with E-state index in [-0.39, 0.29) is 0 Å². The first-order valence-electron chi connectivity index (χ1n) is 8.87. The third-order valence-electron chi connectivity index (χ3n) is 5.72. The molecular formula is C18H34O. The molecule has 0 aliphatic heterocycles. The maximum atomic E-state index is 5.45. The molecule has 112 valence electrons. The Bertz CT molecular complexity index is 222. The molecule has 2 fully saturated rings. The van der Waals surface area contributed by atoms with Crippen LogP contribution in [0.25, 0.3) is 0 Å². The van der Waals surface area contributed by atoms with Gasteiger partial charge in [0.25, 0.3) is 0 Å². The van der Waals surface area contributed by atoms with Crippen LogP contribution in [0.15, 0.2) is 0 Å². The van der Waals surface area contributed by atoms with Gasteiger partial charge in [0, 0.05) is 13.2 Å². The fourth-order valence-electron chi connectivity index (χ4n) is 4.32. The minimum Gasteiger partial charge on any atom is -0.382 e. The summed E-state index contributed by atoms with van der Waals surface area (Å²) in [7, 11) is 0. The van der Waals surface area contributed by atoms with Gasteiger partial charge in [0.15, 0.2) is 0 Å². The van der Waals surface area contributed by atoms with Crippen LogP contribution in [0.3, 0.4) is 0 Å². The summed E-state index contributed by atoms with van der Waals surface area (Å²) >= 11 is 0. The van der Waals surface area contributed by atoms with Gasteiger partial charge in [-0.2, -0.15) is 0 Å². The van der Waals surface area contributed by atoms with Crippen molar-refractivity contribution in [2.24, 2.45) is 23.7 Å². The largest absolute Gasteiger partial charge is 0.382 e. The van der Waals surface area contributed by atoms with Crippen LogP contribution >= 0.6 is 0 Å². The lowest BCUT2D eigenvalue weighted by atomic mass is 9.69. The lowest BCUT2D eigenvalue weighted by molar-refractivity contribution is 0.123. The highest BCUT2D eigenvalue weighted by atomic mass is 16.5. The monoisotopic (exact) mass is 266 g/mol. The highest BCUT2D eigenvalue weighted by molar-refractivity contribution is 4.81. The van der Waals surface area contributed by atoms with E-state index in [1.807, 2.05) is 0 Å². The van der Waals surface area contributed by atoms with Gasteiger partial charge < -0.3 is 4.74 Å². The fourth-order valence-corrected chi connectivity index (χ4v) is 4.32. The van der Waals surface area contributed by atoms with E-state index in [4.69, 9.17) is 4.74 Å². The predicted octanol–water partition coefficient (Wildman–Crippen LogP) is 5.44. The van der Waals surface area contributed by atoms with E-state index in [0.717, 1.165) is 36.9 Å². The second-order valence-corrected chi connectivity index (χ2v) is 7.14. The first-order valence-corrected chi connectivity index (χ1v) is 8.87. The highest BCUT2D eigenvalue weighted by Crippen LogP contribution is 2.41. The summed E-state index contributed by atoms with van der Waals surface area (Å²) in [6.07, 6.45) is 14.8. The smallest absolute Gasteiger partial charge is 0.0465 e. The highest BCUT2D eigenvalue weighted by Gasteiger charge is 2.29. The van der Waals surface area contributed by atoms with Crippen LogP contribution < -0.4 is 0 Å². The van der Waals surface area contributed by atoms with E-state index >= 15 is 0 Å². The number of ether oxygens (including phenoxy) is 1. The molecule has 0 radical (unpaired) electrons. The Morgan fingerprint density at radius 3 is 2.00 bits per heavy atom. The van der Waals surface area contributed by atoms with Gasteiger partial charge in [-0.3, -0.25) is 0 Å². The van der Waals surface area contributed by atoms with E-state index in [9.17, 15) is 0 Å². The molecule has 0 N–H and O–H groups in total. The third-order valence-corrected chi connectivity index (χ3v) is 5.72. The van der Waals surface area contributed by atoms with Gasteiger partial charge in [0.05, 0.1) is 0 Å². The van der Waals surface area contributed by atoms with Crippen molar-refractivity contribution in [3.05, 3.63) is 0 Å². The zero-order valence-electron chi connectivity index (χ0n) is 13.2. The van der Waals surface area contributed by atoms with Crippen LogP contribution in [0.2, 0.25) is 0 Å². The molecule has 2 saturated carbocycles. The Morgan fingerprint density at radius 2 is 1.42 bits per heavy atom. The summed E-state index contributed by atoms with van der Waals surface area (Å²) in [6.45, 7) is 6.39. The first kappa shape index (κ1) is 15.4. The molecule has 0 saturated heterocycles. The van der Waals surface area contributed by atoms with Gasteiger partial charge in [0.1, 0.15) is 0 Å². The van der Waals surface area contributed by atoms with Crippen molar-refractivity contribution in [1.82, 2.24) is 0 Å². The second-order valence-electron chi connectivity index (χ2n) is 7.14. The van der Waals surface area contributed by atoms with Gasteiger partial charge in [-0.15, -0.1) is 0 Å². The van der Waals surface area contributed by atoms with Crippen molar-refractivity contribution in [3.8, 4) is 0 Å². The lowest BCUT2D eigenvalue weighted by Gasteiger charge is -2.37. The van der Waals surface area contributed by atoms with E-state index in [1.165, 1.54) is 64.2 Å². The molecule has 1 nitrogen and oxygen atoms in total. The molecule has 0 aromatic rings. The molecular weight excluding hydrogens is 232 g/mol. The predicted molar refractivity (Wildman–Crippen MR) is 82.3 cm³/mol. The second kappa shape index (κ2) is 8.29. The van der Waals surface area contributed by atoms with Crippen LogP contribution in [0.5, 0.6) is 0 Å². The summed E-state index contributed by atoms with van der Waals surface area (Å²) in [6, 6.07) is 0. The Morgan fingerprint density at radius 1 is 0.842 bits per heavy atom. The van der Waals surface area contributed by atoms with Gasteiger partial charge in [-0.25, -0.2) is 0 Å². The molecule has 0 bridgehead atoms. The van der Waals surface area contributed by atoms with Crippen LogP contribution in [0.4, 0.5) is 0 Å². The lowest BCUT2D eigenvalue weighted by Crippen LogP contribution is -2.25. The standard InChI is InChI=1S/C18H34O/c1-3-19-14-4-5-16-8-12-18(13-9-16)17-10-6-15(2)7-11-17/h15-18H,3-14H2,1-2H3/t15-,16?,17-,18?. The van der Waals surface area contributed by atoms with Gasteiger partial charge in [-0.1, -0.05) is 32.6 Å². The van der Waals surface area contributed by atoms with E-state index in [0.29, 0.717) is 0 Å². The molecule has 0 atom stereocenters. The first-order chi connectivity index (χ1) is 9.29. The average molecular weight is 266 g/mol. The Labute approximate surface area is 120 Å². The molecule has 0 unspecified atom stereocenters. The fraction of sp³-hybridized carbons (Fsp3) is 1.00. The van der Waals surface area contributed by atoms with Crippen molar-refractivity contribution >= 4 is 0 Å². The van der Waals surface area contributed by atoms with E-state index in [1.54, 1.807) is 0 Å². The molecule has 0 heterocycles. The van der Waals surface area contributed by atoms with Crippen molar-refractivity contribution in [2.75, 3.05) is 13.2 Å². The normalized spacial score (nSPS) is 36.3. The average Bonchev–Trinajstić information content (AvgIpc) is 2.45. The molecule has 2 aliphatic carbocycles. The molecule has 0 aromatic heterocycles. The maximum Gasteiger partial charge on any atom is 0.0465 e. The van der Waals surface area contributed by atoms with Crippen LogP contribution in [-0.2, 0) is 4.74 Å². The molecule has 2 aliphatic rings. The zero-order valence-corrected chi connectivity index (χ0v) is 13.2. The SMILES string of the molecule is CCOCCCC1CCC([C@H]2CC[C@H](C)CC2)CC1. The Hall–Kier alpha value is -0.0400. The molecule has 19 heavy (non-hydrogen) atoms. The van der Waals surface area contributed by atoms with Gasteiger partial charge >= 0.3 is 0 Å². The minimum atomic E-state index is 0.882. The Kier molecular flexibility index (Phi) is 6.70. The van der Waals surface area contributed by atoms with E-state index < -0.39 is 0 Å². The van der Waals surface area contributed by atoms with Crippen molar-refractivity contribution in [2.45, 2.75) is 78.1 Å². The Balaban J connectivity index is 1.59. The van der Waals surface area contributed by atoms with Gasteiger partial charge in [0.2, 0.25) is 0 Å². The zero-order chi connectivity index (χ0) is 13.5. The van der Waals surface area contributed by atoms with E-state index in [2.05, 4.69) is 13.8 Å². The van der Waals surface area contributed by atoms with Crippen molar-refractivity contribution in [1.29, 1.82) is 0 Å². The van der Waals surface area contributed by atoms with Crippen LogP contribution in [0, 0.1) is 23.7 Å². The number of hydrogen-bond donors (Lipinski definition) is 0. The van der Waals surface area contributed by atoms with Gasteiger partial charge in [-0.05, 0) is 69.1 Å². The molecule has 0 spiro atoms. The molecule has 0 amide bonds. The summed E-state index contributed by atoms with van der Waals surface area (Å²) < 4.78 is 5.45. The quantitative estimate of drug-likeness (QED) is 0.582. The molecule has 0 aromatic carbocycles. The van der Waals surface area contributed by atoms with Crippen LogP contribution in [0.1, 0.15) is 78.1 Å². The molecule has 2 rings (SSSR count). The number of hydrogen-bond acceptors (Lipinski definition) is 1. The minimum absolute atomic E-state index is 0.882. The van der Waals surface area contributed by atoms with Crippen LogP contribution in [-0.4, -0.2) is 13.2 Å². The molecule has 1 heteroatoms. The maximum absolute atomic E-state index is 5.45. The van der Waals surface area contributed by atoms with Crippen molar-refractivity contribution in [3.63, 3.8) is 0 Å². The summed E-state index contributed by atoms with van der Waals surface area (Å²) in [5.41, 5.74) is 0. The third kappa shape index (κ3) is 5.10.